The molecule has 0 radical (unpaired) electrons. The summed E-state index contributed by atoms with van der Waals surface area (Å²) < 4.78 is 22.4. The van der Waals surface area contributed by atoms with Crippen LogP contribution in [-0.2, 0) is 6.40 Å². The van der Waals surface area contributed by atoms with Crippen molar-refractivity contribution in [1.29, 1.82) is 0 Å². The molecule has 0 bridgehead atoms. The van der Waals surface area contributed by atoms with Crippen LogP contribution in [0.4, 0.5) is 0 Å². The van der Waals surface area contributed by atoms with Crippen molar-refractivity contribution in [2.24, 2.45) is 0 Å². The van der Waals surface area contributed by atoms with E-state index in [0.717, 1.165) is 16.9 Å². The van der Waals surface area contributed by atoms with Crippen LogP contribution in [0.15, 0.2) is 41.7 Å². The minimum atomic E-state index is -0.310. The van der Waals surface area contributed by atoms with E-state index in [-0.39, 0.29) is 23.6 Å². The van der Waals surface area contributed by atoms with E-state index in [4.69, 9.17) is 4.11 Å². The van der Waals surface area contributed by atoms with Gasteiger partial charge in [0.2, 0.25) is 5.78 Å². The van der Waals surface area contributed by atoms with E-state index >= 15 is 0 Å². The molecule has 0 spiro atoms. The highest BCUT2D eigenvalue weighted by atomic mass is 32.1. The van der Waals surface area contributed by atoms with Crippen molar-refractivity contribution in [2.45, 2.75) is 13.3 Å². The molecule has 1 nitrogen and oxygen atoms in total. The van der Waals surface area contributed by atoms with Gasteiger partial charge in [0.05, 0.1) is 7.62 Å². The van der Waals surface area contributed by atoms with Gasteiger partial charge in [-0.3, -0.25) is 4.79 Å². The molecule has 1 aromatic heterocycles. The first kappa shape index (κ1) is 6.96. The lowest BCUT2D eigenvalue weighted by molar-refractivity contribution is 0.104. The molecular formula is C13H12OS. The number of carbonyl (C=O) groups is 1. The maximum atomic E-state index is 12.1. The molecule has 2 heteroatoms. The van der Waals surface area contributed by atoms with Crippen LogP contribution >= 0.6 is 11.3 Å². The molecule has 1 atom stereocenters. The summed E-state index contributed by atoms with van der Waals surface area (Å²) in [6, 6.07) is 8.42. The molecule has 2 rings (SSSR count). The van der Waals surface area contributed by atoms with Crippen molar-refractivity contribution in [2.75, 3.05) is 0 Å². The van der Waals surface area contributed by atoms with Crippen molar-refractivity contribution >= 4 is 17.1 Å². The van der Waals surface area contributed by atoms with Crippen molar-refractivity contribution in [1.82, 2.24) is 0 Å². The number of aryl methyl sites for hydroxylation is 1. The topological polar surface area (TPSA) is 17.1 Å². The molecule has 0 amide bonds. The summed E-state index contributed by atoms with van der Waals surface area (Å²) in [4.78, 5) is 12.5. The van der Waals surface area contributed by atoms with Crippen molar-refractivity contribution in [3.63, 3.8) is 0 Å². The quantitative estimate of drug-likeness (QED) is 0.722. The lowest BCUT2D eigenvalue weighted by Crippen LogP contribution is -1.98. The lowest BCUT2D eigenvalue weighted by Gasteiger charge is -1.99. The summed E-state index contributed by atoms with van der Waals surface area (Å²) in [5, 5.41) is 0.106. The summed E-state index contributed by atoms with van der Waals surface area (Å²) in [5.74, 6) is -0.170. The third-order valence-electron chi connectivity index (χ3n) is 2.15. The Morgan fingerprint density at radius 1 is 1.40 bits per heavy atom. The van der Waals surface area contributed by atoms with Gasteiger partial charge in [-0.15, -0.1) is 11.3 Å². The van der Waals surface area contributed by atoms with E-state index in [1.165, 1.54) is 6.07 Å². The zero-order valence-electron chi connectivity index (χ0n) is 11.3. The van der Waals surface area contributed by atoms with E-state index in [0.29, 0.717) is 10.4 Å². The fourth-order valence-electron chi connectivity index (χ4n) is 1.29. The van der Waals surface area contributed by atoms with Crippen LogP contribution in [0.1, 0.15) is 31.8 Å². The van der Waals surface area contributed by atoms with Gasteiger partial charge in [0, 0.05) is 6.93 Å². The average molecular weight is 219 g/mol. The van der Waals surface area contributed by atoms with E-state index in [9.17, 15) is 4.79 Å². The molecule has 0 aliphatic rings. The first-order valence-corrected chi connectivity index (χ1v) is 5.44. The third-order valence-corrected chi connectivity index (χ3v) is 2.90. The molecule has 0 N–H and O–H groups in total. The maximum Gasteiger partial charge on any atom is 0.202 e. The fraction of sp³-hybridized carbons (Fsp3) is 0.154. The summed E-state index contributed by atoms with van der Waals surface area (Å²) in [5.41, 5.74) is 1.39. The molecule has 0 saturated heterocycles. The number of hydrogen-bond acceptors (Lipinski definition) is 2. The number of benzene rings is 1. The Labute approximate surface area is 97.6 Å². The summed E-state index contributed by atoms with van der Waals surface area (Å²) in [6.07, 6.45) is -0.310. The number of rotatable bonds is 3. The second-order valence-corrected chi connectivity index (χ2v) is 3.94. The van der Waals surface area contributed by atoms with E-state index < -0.39 is 0 Å². The normalized spacial score (nSPS) is 15.1. The second kappa shape index (κ2) is 4.41. The van der Waals surface area contributed by atoms with Crippen LogP contribution in [0.5, 0.6) is 0 Å². The van der Waals surface area contributed by atoms with E-state index in [2.05, 4.69) is 0 Å². The highest BCUT2D eigenvalue weighted by molar-refractivity contribution is 7.12. The maximum absolute atomic E-state index is 12.1. The van der Waals surface area contributed by atoms with Crippen molar-refractivity contribution < 1.29 is 8.91 Å². The zero-order chi connectivity index (χ0) is 13.3. The SMILES string of the molecule is [2H]c1cc(C(=O)c2ccc(C([2H])C)cc2)sc1[2H]. The Morgan fingerprint density at radius 2 is 2.13 bits per heavy atom. The Bertz CT molecular complexity index is 553. The van der Waals surface area contributed by atoms with Crippen LogP contribution < -0.4 is 0 Å². The largest absolute Gasteiger partial charge is 0.288 e. The fourth-order valence-corrected chi connectivity index (χ4v) is 1.85. The van der Waals surface area contributed by atoms with E-state index in [1.807, 2.05) is 0 Å². The number of carbonyl (C=O) groups excluding carboxylic acids is 1. The minimum absolute atomic E-state index is 0.0831. The van der Waals surface area contributed by atoms with Crippen LogP contribution in [-0.4, -0.2) is 5.78 Å². The lowest BCUT2D eigenvalue weighted by atomic mass is 10.1. The molecule has 0 saturated carbocycles. The molecule has 1 aromatic carbocycles. The standard InChI is InChI=1S/C13H12OS/c1-2-10-5-7-11(8-6-10)13(14)12-4-3-9-15-12/h3-9H,2H2,1H3/i2D,3D,9D. The average Bonchev–Trinajstić information content (AvgIpc) is 2.69. The highest BCUT2D eigenvalue weighted by Crippen LogP contribution is 2.15. The molecule has 76 valence electrons. The van der Waals surface area contributed by atoms with Crippen LogP contribution in [0.2, 0.25) is 0 Å². The molecular weight excluding hydrogens is 204 g/mol. The number of ketones is 1. The van der Waals surface area contributed by atoms with Crippen LogP contribution in [0, 0.1) is 0 Å². The second-order valence-electron chi connectivity index (χ2n) is 3.10. The molecule has 15 heavy (non-hydrogen) atoms. The Kier molecular flexibility index (Phi) is 2.05. The van der Waals surface area contributed by atoms with Gasteiger partial charge >= 0.3 is 0 Å². The van der Waals surface area contributed by atoms with Gasteiger partial charge in [-0.1, -0.05) is 37.2 Å². The van der Waals surface area contributed by atoms with Gasteiger partial charge in [0.15, 0.2) is 0 Å². The number of hydrogen-bond donors (Lipinski definition) is 0. The van der Waals surface area contributed by atoms with Crippen LogP contribution in [0.3, 0.4) is 0 Å². The minimum Gasteiger partial charge on any atom is -0.288 e. The monoisotopic (exact) mass is 219 g/mol. The van der Waals surface area contributed by atoms with Crippen LogP contribution in [0.25, 0.3) is 0 Å². The van der Waals surface area contributed by atoms with Gasteiger partial charge in [0.25, 0.3) is 0 Å². The van der Waals surface area contributed by atoms with Gasteiger partial charge in [-0.2, -0.15) is 0 Å². The summed E-state index contributed by atoms with van der Waals surface area (Å²) >= 11 is 1.02. The predicted molar refractivity (Wildman–Crippen MR) is 63.6 cm³/mol. The first-order chi connectivity index (χ1) is 8.49. The molecule has 2 aromatic rings. The zero-order valence-corrected chi connectivity index (χ0v) is 9.10. The third kappa shape index (κ3) is 2.16. The smallest absolute Gasteiger partial charge is 0.202 e. The van der Waals surface area contributed by atoms with Gasteiger partial charge in [-0.05, 0) is 23.4 Å². The Morgan fingerprint density at radius 3 is 2.67 bits per heavy atom. The molecule has 1 heterocycles. The number of thiophene rings is 1. The molecule has 0 aliphatic carbocycles. The highest BCUT2D eigenvalue weighted by Gasteiger charge is 2.08. The Balaban J connectivity index is 2.28. The van der Waals surface area contributed by atoms with Gasteiger partial charge in [0.1, 0.15) is 0 Å². The molecule has 0 aliphatic heterocycles. The van der Waals surface area contributed by atoms with Crippen molar-refractivity contribution in [3.05, 3.63) is 57.7 Å². The molecule has 0 fully saturated rings. The summed E-state index contributed by atoms with van der Waals surface area (Å²) in [6.45, 7) is 1.77. The molecule has 1 unspecified atom stereocenters. The van der Waals surface area contributed by atoms with Gasteiger partial charge < -0.3 is 0 Å². The van der Waals surface area contributed by atoms with E-state index in [1.54, 1.807) is 31.2 Å². The first-order valence-electron chi connectivity index (χ1n) is 6.20. The Hall–Kier alpha value is -1.41. The van der Waals surface area contributed by atoms with Crippen molar-refractivity contribution in [3.8, 4) is 0 Å². The predicted octanol–water partition coefficient (Wildman–Crippen LogP) is 3.54. The summed E-state index contributed by atoms with van der Waals surface area (Å²) in [7, 11) is 0. The van der Waals surface area contributed by atoms with Gasteiger partial charge in [-0.25, -0.2) is 0 Å².